The molecule has 1 atom stereocenters. The van der Waals surface area contributed by atoms with Gasteiger partial charge in [0.15, 0.2) is 0 Å². The maximum Gasteiger partial charge on any atom is 0.120 e. The van der Waals surface area contributed by atoms with Gasteiger partial charge in [0.2, 0.25) is 0 Å². The van der Waals surface area contributed by atoms with Crippen molar-refractivity contribution in [2.75, 3.05) is 7.11 Å². The van der Waals surface area contributed by atoms with E-state index in [4.69, 9.17) is 14.3 Å². The summed E-state index contributed by atoms with van der Waals surface area (Å²) in [6.45, 7) is 2.77. The van der Waals surface area contributed by atoms with Gasteiger partial charge in [-0.3, -0.25) is 0 Å². The van der Waals surface area contributed by atoms with Crippen molar-refractivity contribution in [3.8, 4) is 22.7 Å². The Balaban J connectivity index is 1.65. The summed E-state index contributed by atoms with van der Waals surface area (Å²) in [5, 5.41) is 8.39. The van der Waals surface area contributed by atoms with E-state index in [1.165, 1.54) is 0 Å². The number of furan rings is 1. The fraction of sp³-hybridized carbons (Fsp3) is 0.174. The minimum atomic E-state index is 0.110. The highest BCUT2D eigenvalue weighted by molar-refractivity contribution is 5.64. The molecule has 28 heavy (non-hydrogen) atoms. The minimum absolute atomic E-state index is 0.110. The molecule has 0 saturated heterocycles. The van der Waals surface area contributed by atoms with Crippen molar-refractivity contribution in [1.82, 2.24) is 15.1 Å². The van der Waals surface area contributed by atoms with Crippen molar-refractivity contribution < 1.29 is 9.15 Å². The molecule has 0 bridgehead atoms. The van der Waals surface area contributed by atoms with Crippen LogP contribution in [0.25, 0.3) is 16.9 Å². The largest absolute Gasteiger partial charge is 0.497 e. The normalized spacial score (nSPS) is 12.1. The average molecular weight is 373 g/mol. The molecule has 0 aliphatic heterocycles. The first-order valence-corrected chi connectivity index (χ1v) is 9.30. The number of nitrogens with one attached hydrogen (secondary N) is 1. The standard InChI is InChI=1S/C23H23N3O2/c1-17(22-9-6-14-28-22)24-15-19-16-26(20-7-4-3-5-8-20)25-23(19)18-10-12-21(27-2)13-11-18/h3-14,16-17,24H,15H2,1-2H3/t17-/m1/s1. The Morgan fingerprint density at radius 3 is 2.50 bits per heavy atom. The number of hydrogen-bond donors (Lipinski definition) is 1. The van der Waals surface area contributed by atoms with E-state index >= 15 is 0 Å². The highest BCUT2D eigenvalue weighted by atomic mass is 16.5. The molecular formula is C23H23N3O2. The monoisotopic (exact) mass is 373 g/mol. The van der Waals surface area contributed by atoms with E-state index in [2.05, 4.69) is 18.4 Å². The topological polar surface area (TPSA) is 52.2 Å². The maximum atomic E-state index is 5.50. The van der Waals surface area contributed by atoms with Crippen LogP contribution in [-0.4, -0.2) is 16.9 Å². The summed E-state index contributed by atoms with van der Waals surface area (Å²) in [5.41, 5.74) is 4.15. The Morgan fingerprint density at radius 1 is 1.04 bits per heavy atom. The number of rotatable bonds is 7. The van der Waals surface area contributed by atoms with Crippen LogP contribution in [0.3, 0.4) is 0 Å². The summed E-state index contributed by atoms with van der Waals surface area (Å²) >= 11 is 0. The van der Waals surface area contributed by atoms with Crippen molar-refractivity contribution in [1.29, 1.82) is 0 Å². The van der Waals surface area contributed by atoms with Gasteiger partial charge in [0.05, 0.1) is 30.8 Å². The molecule has 2 aromatic carbocycles. The first kappa shape index (κ1) is 18.1. The Labute approximate surface area is 164 Å². The van der Waals surface area contributed by atoms with Gasteiger partial charge in [0.25, 0.3) is 0 Å². The van der Waals surface area contributed by atoms with Gasteiger partial charge in [-0.25, -0.2) is 4.68 Å². The summed E-state index contributed by atoms with van der Waals surface area (Å²) < 4.78 is 12.7. The van der Waals surface area contributed by atoms with Crippen molar-refractivity contribution in [2.24, 2.45) is 0 Å². The molecule has 5 heteroatoms. The van der Waals surface area contributed by atoms with Gasteiger partial charge in [-0.1, -0.05) is 18.2 Å². The van der Waals surface area contributed by atoms with Crippen LogP contribution in [-0.2, 0) is 6.54 Å². The molecule has 0 aliphatic carbocycles. The van der Waals surface area contributed by atoms with Crippen molar-refractivity contribution >= 4 is 0 Å². The number of hydrogen-bond acceptors (Lipinski definition) is 4. The van der Waals surface area contributed by atoms with Gasteiger partial charge in [-0.15, -0.1) is 0 Å². The Kier molecular flexibility index (Phi) is 5.26. The number of methoxy groups -OCH3 is 1. The quantitative estimate of drug-likeness (QED) is 0.496. The van der Waals surface area contributed by atoms with Crippen molar-refractivity contribution in [2.45, 2.75) is 19.5 Å². The fourth-order valence-electron chi connectivity index (χ4n) is 3.15. The minimum Gasteiger partial charge on any atom is -0.497 e. The van der Waals surface area contributed by atoms with Crippen LogP contribution in [0.1, 0.15) is 24.3 Å². The Bertz CT molecular complexity index is 1010. The van der Waals surface area contributed by atoms with E-state index in [1.54, 1.807) is 13.4 Å². The third-order valence-electron chi connectivity index (χ3n) is 4.74. The van der Waals surface area contributed by atoms with Crippen LogP contribution in [0, 0.1) is 0 Å². The molecular weight excluding hydrogens is 350 g/mol. The SMILES string of the molecule is COc1ccc(-c2nn(-c3ccccc3)cc2CN[C@H](C)c2ccco2)cc1. The molecule has 5 nitrogen and oxygen atoms in total. The first-order valence-electron chi connectivity index (χ1n) is 9.30. The van der Waals surface area contributed by atoms with E-state index in [9.17, 15) is 0 Å². The number of benzene rings is 2. The second-order valence-electron chi connectivity index (χ2n) is 6.63. The van der Waals surface area contributed by atoms with Crippen LogP contribution in [0.2, 0.25) is 0 Å². The Morgan fingerprint density at radius 2 is 1.82 bits per heavy atom. The smallest absolute Gasteiger partial charge is 0.120 e. The number of para-hydroxylation sites is 1. The third-order valence-corrected chi connectivity index (χ3v) is 4.74. The lowest BCUT2D eigenvalue weighted by atomic mass is 10.1. The highest BCUT2D eigenvalue weighted by Gasteiger charge is 2.15. The van der Waals surface area contributed by atoms with Gasteiger partial charge in [-0.05, 0) is 55.5 Å². The van der Waals surface area contributed by atoms with Crippen LogP contribution in [0.15, 0.2) is 83.6 Å². The van der Waals surface area contributed by atoms with Crippen molar-refractivity contribution in [3.05, 3.63) is 90.5 Å². The zero-order valence-corrected chi connectivity index (χ0v) is 16.0. The lowest BCUT2D eigenvalue weighted by Crippen LogP contribution is -2.17. The van der Waals surface area contributed by atoms with Crippen LogP contribution in [0.4, 0.5) is 0 Å². The third kappa shape index (κ3) is 3.85. The summed E-state index contributed by atoms with van der Waals surface area (Å²) in [7, 11) is 1.67. The molecule has 0 saturated carbocycles. The van der Waals surface area contributed by atoms with Gasteiger partial charge in [-0.2, -0.15) is 5.10 Å². The van der Waals surface area contributed by atoms with Gasteiger partial charge < -0.3 is 14.5 Å². The molecule has 142 valence electrons. The zero-order valence-electron chi connectivity index (χ0n) is 16.0. The van der Waals surface area contributed by atoms with Gasteiger partial charge in [0.1, 0.15) is 11.5 Å². The summed E-state index contributed by atoms with van der Waals surface area (Å²) in [6, 6.07) is 22.1. The van der Waals surface area contributed by atoms with E-state index in [0.29, 0.717) is 6.54 Å². The second kappa shape index (κ2) is 8.15. The predicted molar refractivity (Wildman–Crippen MR) is 110 cm³/mol. The van der Waals surface area contributed by atoms with E-state index in [1.807, 2.05) is 71.4 Å². The van der Waals surface area contributed by atoms with Gasteiger partial charge >= 0.3 is 0 Å². The van der Waals surface area contributed by atoms with Crippen LogP contribution in [0.5, 0.6) is 5.75 Å². The molecule has 0 aliphatic rings. The fourth-order valence-corrected chi connectivity index (χ4v) is 3.15. The molecule has 2 aromatic heterocycles. The summed E-state index contributed by atoms with van der Waals surface area (Å²) in [5.74, 6) is 1.75. The number of ether oxygens (including phenoxy) is 1. The molecule has 4 aromatic rings. The molecule has 0 radical (unpaired) electrons. The van der Waals surface area contributed by atoms with Gasteiger partial charge in [0, 0.05) is 23.9 Å². The lowest BCUT2D eigenvalue weighted by Gasteiger charge is -2.11. The summed E-state index contributed by atoms with van der Waals surface area (Å²) in [4.78, 5) is 0. The highest BCUT2D eigenvalue weighted by Crippen LogP contribution is 2.26. The molecule has 0 spiro atoms. The average Bonchev–Trinajstić information content (AvgIpc) is 3.43. The van der Waals surface area contributed by atoms with E-state index in [-0.39, 0.29) is 6.04 Å². The molecule has 0 amide bonds. The van der Waals surface area contributed by atoms with Crippen LogP contribution < -0.4 is 10.1 Å². The second-order valence-corrected chi connectivity index (χ2v) is 6.63. The number of nitrogens with zero attached hydrogens (tertiary/aromatic N) is 2. The maximum absolute atomic E-state index is 5.50. The first-order chi connectivity index (χ1) is 13.7. The molecule has 2 heterocycles. The zero-order chi connectivity index (χ0) is 19.3. The van der Waals surface area contributed by atoms with Crippen LogP contribution >= 0.6 is 0 Å². The molecule has 0 fully saturated rings. The van der Waals surface area contributed by atoms with Crippen molar-refractivity contribution in [3.63, 3.8) is 0 Å². The lowest BCUT2D eigenvalue weighted by molar-refractivity contribution is 0.415. The molecule has 4 rings (SSSR count). The molecule has 0 unspecified atom stereocenters. The Hall–Kier alpha value is -3.31. The predicted octanol–water partition coefficient (Wildman–Crippen LogP) is 4.99. The number of aromatic nitrogens is 2. The van der Waals surface area contributed by atoms with E-state index in [0.717, 1.165) is 34.0 Å². The molecule has 1 N–H and O–H groups in total. The van der Waals surface area contributed by atoms with E-state index < -0.39 is 0 Å². The summed E-state index contributed by atoms with van der Waals surface area (Å²) in [6.07, 6.45) is 3.78.